The molecule has 0 spiro atoms. The van der Waals surface area contributed by atoms with Crippen LogP contribution in [0.2, 0.25) is 0 Å². The number of carbonyl (C=O) groups excluding carboxylic acids is 2. The third-order valence-electron chi connectivity index (χ3n) is 3.07. The Morgan fingerprint density at radius 1 is 1.29 bits per heavy atom. The lowest BCUT2D eigenvalue weighted by atomic mass is 10.0. The highest BCUT2D eigenvalue weighted by atomic mass is 16.2. The summed E-state index contributed by atoms with van der Waals surface area (Å²) in [7, 11) is 1.89. The largest absolute Gasteiger partial charge is 0.353 e. The predicted molar refractivity (Wildman–Crippen MR) is 66.6 cm³/mol. The van der Waals surface area contributed by atoms with E-state index < -0.39 is 0 Å². The molecule has 0 unspecified atom stereocenters. The quantitative estimate of drug-likeness (QED) is 0.672. The molecule has 1 aliphatic heterocycles. The molecule has 1 heterocycles. The van der Waals surface area contributed by atoms with Gasteiger partial charge in [-0.05, 0) is 32.9 Å². The van der Waals surface area contributed by atoms with Crippen LogP contribution in [0.3, 0.4) is 0 Å². The van der Waals surface area contributed by atoms with Gasteiger partial charge in [0.1, 0.15) is 0 Å². The first-order chi connectivity index (χ1) is 8.13. The average Bonchev–Trinajstić information content (AvgIpc) is 2.29. The molecule has 5 heteroatoms. The molecule has 0 bridgehead atoms. The summed E-state index contributed by atoms with van der Waals surface area (Å²) in [5.41, 5.74) is 0. The van der Waals surface area contributed by atoms with Crippen molar-refractivity contribution in [1.29, 1.82) is 0 Å². The molecule has 0 atom stereocenters. The highest BCUT2D eigenvalue weighted by molar-refractivity contribution is 5.76. The van der Waals surface area contributed by atoms with Crippen LogP contribution in [-0.2, 0) is 9.59 Å². The molecular weight excluding hydrogens is 218 g/mol. The lowest BCUT2D eigenvalue weighted by molar-refractivity contribution is -0.132. The lowest BCUT2D eigenvalue weighted by Gasteiger charge is -2.32. The molecule has 17 heavy (non-hydrogen) atoms. The minimum atomic E-state index is 0.0174. The number of carbonyl (C=O) groups is 2. The summed E-state index contributed by atoms with van der Waals surface area (Å²) in [5.74, 6) is 0.255. The van der Waals surface area contributed by atoms with Crippen molar-refractivity contribution in [3.05, 3.63) is 0 Å². The molecule has 1 aliphatic rings. The Morgan fingerprint density at radius 3 is 2.47 bits per heavy atom. The first kappa shape index (κ1) is 14.0. The minimum absolute atomic E-state index is 0.0174. The maximum Gasteiger partial charge on any atom is 0.222 e. The molecule has 0 aromatic carbocycles. The Morgan fingerprint density at radius 2 is 1.94 bits per heavy atom. The first-order valence-corrected chi connectivity index (χ1v) is 6.33. The van der Waals surface area contributed by atoms with Gasteiger partial charge in [-0.2, -0.15) is 0 Å². The van der Waals surface area contributed by atoms with Gasteiger partial charge in [-0.1, -0.05) is 0 Å². The summed E-state index contributed by atoms with van der Waals surface area (Å²) in [4.78, 5) is 24.6. The molecule has 2 amide bonds. The van der Waals surface area contributed by atoms with Crippen molar-refractivity contribution in [3.63, 3.8) is 0 Å². The molecule has 0 saturated carbocycles. The fourth-order valence-electron chi connectivity index (χ4n) is 2.14. The number of nitrogens with one attached hydrogen (secondary N) is 2. The Hall–Kier alpha value is -1.10. The number of nitrogens with zero attached hydrogens (tertiary/aromatic N) is 1. The highest BCUT2D eigenvalue weighted by Gasteiger charge is 2.22. The van der Waals surface area contributed by atoms with Gasteiger partial charge in [-0.15, -0.1) is 0 Å². The van der Waals surface area contributed by atoms with E-state index in [1.807, 2.05) is 11.9 Å². The number of piperidine rings is 1. The van der Waals surface area contributed by atoms with Gasteiger partial charge in [0.2, 0.25) is 11.8 Å². The summed E-state index contributed by atoms with van der Waals surface area (Å²) in [5, 5.41) is 5.94. The summed E-state index contributed by atoms with van der Waals surface area (Å²) in [6.45, 7) is 3.95. The third-order valence-corrected chi connectivity index (χ3v) is 3.07. The Bertz CT molecular complexity index is 260. The molecule has 2 N–H and O–H groups in total. The molecule has 0 aromatic heterocycles. The van der Waals surface area contributed by atoms with E-state index in [9.17, 15) is 9.59 Å². The predicted octanol–water partition coefficient (Wildman–Crippen LogP) is 0.113. The second-order valence-corrected chi connectivity index (χ2v) is 4.56. The normalized spacial score (nSPS) is 16.9. The Labute approximate surface area is 103 Å². The summed E-state index contributed by atoms with van der Waals surface area (Å²) in [6, 6.07) is 0.244. The van der Waals surface area contributed by atoms with Crippen LogP contribution in [0.5, 0.6) is 0 Å². The van der Waals surface area contributed by atoms with Gasteiger partial charge in [-0.3, -0.25) is 9.59 Å². The standard InChI is InChI=1S/C12H23N3O2/c1-10(16)14-11-5-8-15(9-6-11)12(17)4-3-7-13-2/h11,13H,3-9H2,1-2H3,(H,14,16). The van der Waals surface area contributed by atoms with Crippen molar-refractivity contribution in [2.75, 3.05) is 26.7 Å². The van der Waals surface area contributed by atoms with Gasteiger partial charge >= 0.3 is 0 Å². The van der Waals surface area contributed by atoms with Crippen LogP contribution in [0, 0.1) is 0 Å². The number of amides is 2. The van der Waals surface area contributed by atoms with E-state index in [2.05, 4.69) is 10.6 Å². The van der Waals surface area contributed by atoms with E-state index in [-0.39, 0.29) is 17.9 Å². The van der Waals surface area contributed by atoms with Gasteiger partial charge in [0.05, 0.1) is 0 Å². The van der Waals surface area contributed by atoms with Crippen molar-refractivity contribution in [2.24, 2.45) is 0 Å². The maximum absolute atomic E-state index is 11.8. The summed E-state index contributed by atoms with van der Waals surface area (Å²) < 4.78 is 0. The lowest BCUT2D eigenvalue weighted by Crippen LogP contribution is -2.46. The van der Waals surface area contributed by atoms with Crippen LogP contribution in [0.1, 0.15) is 32.6 Å². The molecule has 1 fully saturated rings. The van der Waals surface area contributed by atoms with Gasteiger partial charge in [0, 0.05) is 32.5 Å². The van der Waals surface area contributed by atoms with E-state index in [1.165, 1.54) is 6.92 Å². The monoisotopic (exact) mass is 241 g/mol. The van der Waals surface area contributed by atoms with Crippen LogP contribution in [0.15, 0.2) is 0 Å². The molecule has 0 aromatic rings. The fraction of sp³-hybridized carbons (Fsp3) is 0.833. The fourth-order valence-corrected chi connectivity index (χ4v) is 2.14. The number of likely N-dealkylation sites (tertiary alicyclic amines) is 1. The zero-order valence-electron chi connectivity index (χ0n) is 10.8. The SMILES string of the molecule is CNCCCC(=O)N1CCC(NC(C)=O)CC1. The molecule has 0 radical (unpaired) electrons. The second-order valence-electron chi connectivity index (χ2n) is 4.56. The van der Waals surface area contributed by atoms with E-state index in [1.54, 1.807) is 0 Å². The second kappa shape index (κ2) is 7.27. The van der Waals surface area contributed by atoms with Gasteiger partial charge in [-0.25, -0.2) is 0 Å². The smallest absolute Gasteiger partial charge is 0.222 e. The van der Waals surface area contributed by atoms with Gasteiger partial charge in [0.15, 0.2) is 0 Å². The van der Waals surface area contributed by atoms with Crippen LogP contribution >= 0.6 is 0 Å². The van der Waals surface area contributed by atoms with Gasteiger partial charge in [0.25, 0.3) is 0 Å². The zero-order valence-corrected chi connectivity index (χ0v) is 10.8. The number of hydrogen-bond acceptors (Lipinski definition) is 3. The van der Waals surface area contributed by atoms with Crippen LogP contribution < -0.4 is 10.6 Å². The molecular formula is C12H23N3O2. The molecule has 5 nitrogen and oxygen atoms in total. The summed E-state index contributed by atoms with van der Waals surface area (Å²) in [6.07, 6.45) is 3.25. The van der Waals surface area contributed by atoms with Crippen molar-refractivity contribution in [3.8, 4) is 0 Å². The Balaban J connectivity index is 2.21. The van der Waals surface area contributed by atoms with Crippen molar-refractivity contribution < 1.29 is 9.59 Å². The topological polar surface area (TPSA) is 61.4 Å². The number of hydrogen-bond donors (Lipinski definition) is 2. The van der Waals surface area contributed by atoms with Crippen molar-refractivity contribution in [2.45, 2.75) is 38.6 Å². The van der Waals surface area contributed by atoms with E-state index in [0.29, 0.717) is 6.42 Å². The van der Waals surface area contributed by atoms with E-state index in [4.69, 9.17) is 0 Å². The average molecular weight is 241 g/mol. The van der Waals surface area contributed by atoms with Crippen LogP contribution in [0.25, 0.3) is 0 Å². The maximum atomic E-state index is 11.8. The molecule has 0 aliphatic carbocycles. The number of rotatable bonds is 5. The third kappa shape index (κ3) is 5.17. The van der Waals surface area contributed by atoms with Crippen LogP contribution in [0.4, 0.5) is 0 Å². The minimum Gasteiger partial charge on any atom is -0.353 e. The Kier molecular flexibility index (Phi) is 5.97. The zero-order chi connectivity index (χ0) is 12.7. The first-order valence-electron chi connectivity index (χ1n) is 6.33. The van der Waals surface area contributed by atoms with Crippen molar-refractivity contribution in [1.82, 2.24) is 15.5 Å². The highest BCUT2D eigenvalue weighted by Crippen LogP contribution is 2.11. The molecule has 1 saturated heterocycles. The van der Waals surface area contributed by atoms with Crippen LogP contribution in [-0.4, -0.2) is 49.4 Å². The van der Waals surface area contributed by atoms with Gasteiger partial charge < -0.3 is 15.5 Å². The van der Waals surface area contributed by atoms with E-state index in [0.717, 1.165) is 38.9 Å². The summed E-state index contributed by atoms with van der Waals surface area (Å²) >= 11 is 0. The van der Waals surface area contributed by atoms with E-state index >= 15 is 0 Å². The molecule has 1 rings (SSSR count). The molecule has 98 valence electrons. The van der Waals surface area contributed by atoms with Crippen molar-refractivity contribution >= 4 is 11.8 Å².